The van der Waals surface area contributed by atoms with Gasteiger partial charge in [-0.05, 0) is 36.3 Å². The fraction of sp³-hybridized carbons (Fsp3) is 0.421. The number of nitriles is 1. The Balaban J connectivity index is 1.98. The van der Waals surface area contributed by atoms with Crippen LogP contribution in [0.2, 0.25) is 0 Å². The summed E-state index contributed by atoms with van der Waals surface area (Å²) >= 11 is 0. The molecule has 1 aromatic carbocycles. The summed E-state index contributed by atoms with van der Waals surface area (Å²) in [7, 11) is 0. The van der Waals surface area contributed by atoms with E-state index in [4.69, 9.17) is 0 Å². The van der Waals surface area contributed by atoms with Crippen LogP contribution in [0.25, 0.3) is 0 Å². The normalized spacial score (nSPS) is 32.7. The summed E-state index contributed by atoms with van der Waals surface area (Å²) in [5.41, 5.74) is 3.11. The van der Waals surface area contributed by atoms with Crippen molar-refractivity contribution in [1.29, 1.82) is 5.26 Å². The second-order valence-corrected chi connectivity index (χ2v) is 6.82. The van der Waals surface area contributed by atoms with Crippen LogP contribution in [-0.2, 0) is 16.6 Å². The third-order valence-corrected chi connectivity index (χ3v) is 5.87. The molecule has 0 saturated heterocycles. The molecule has 4 heteroatoms. The highest BCUT2D eigenvalue weighted by molar-refractivity contribution is 5.87. The van der Waals surface area contributed by atoms with E-state index in [2.05, 4.69) is 28.4 Å². The summed E-state index contributed by atoms with van der Waals surface area (Å²) in [5.74, 6) is -0.358. The molecule has 23 heavy (non-hydrogen) atoms. The highest BCUT2D eigenvalue weighted by atomic mass is 16.1. The number of benzene rings is 1. The first-order chi connectivity index (χ1) is 11.2. The maximum absolute atomic E-state index is 12.6. The smallest absolute Gasteiger partial charge is 0.153 e. The number of hydrogen-bond acceptors (Lipinski definition) is 3. The predicted molar refractivity (Wildman–Crippen MR) is 85.5 cm³/mol. The number of fused-ring (bicyclic) bond motifs is 3. The minimum Gasteiger partial charge on any atom is -0.298 e. The van der Waals surface area contributed by atoms with Gasteiger partial charge in [0.25, 0.3) is 0 Å². The van der Waals surface area contributed by atoms with Crippen LogP contribution < -0.4 is 0 Å². The molecule has 116 valence electrons. The van der Waals surface area contributed by atoms with Crippen molar-refractivity contribution < 1.29 is 4.79 Å². The zero-order chi connectivity index (χ0) is 16.0. The molecule has 0 radical (unpaired) electrons. The number of aromatic nitrogens is 2. The number of hydrogen-bond donors (Lipinski definition) is 1. The van der Waals surface area contributed by atoms with Gasteiger partial charge in [0.2, 0.25) is 0 Å². The van der Waals surface area contributed by atoms with Crippen LogP contribution in [0, 0.1) is 29.1 Å². The third kappa shape index (κ3) is 1.83. The number of carbonyl (C=O) groups is 1. The standard InChI is InChI=1S/C19H19N3O/c1-12-16-8-7-13-11-21-22-18(13)19(16,9-14(10-20)17(12)23)15-5-3-2-4-6-15/h2-6,11-12,14,16H,7-9H2,1H3,(H,21,22)/t12-,14?,16?,19-/m0/s1. The Morgan fingerprint density at radius 1 is 1.35 bits per heavy atom. The lowest BCUT2D eigenvalue weighted by Gasteiger charge is -2.50. The molecule has 2 unspecified atom stereocenters. The number of nitrogens with zero attached hydrogens (tertiary/aromatic N) is 2. The molecule has 0 bridgehead atoms. The van der Waals surface area contributed by atoms with E-state index in [1.54, 1.807) is 0 Å². The summed E-state index contributed by atoms with van der Waals surface area (Å²) < 4.78 is 0. The topological polar surface area (TPSA) is 69.5 Å². The van der Waals surface area contributed by atoms with Crippen LogP contribution >= 0.6 is 0 Å². The van der Waals surface area contributed by atoms with Gasteiger partial charge in [-0.1, -0.05) is 37.3 Å². The van der Waals surface area contributed by atoms with Crippen molar-refractivity contribution in [3.8, 4) is 6.07 Å². The van der Waals surface area contributed by atoms with Crippen LogP contribution in [-0.4, -0.2) is 16.0 Å². The lowest BCUT2D eigenvalue weighted by molar-refractivity contribution is -0.131. The first kappa shape index (κ1) is 14.2. The van der Waals surface area contributed by atoms with E-state index in [1.165, 1.54) is 11.1 Å². The second-order valence-electron chi connectivity index (χ2n) is 6.82. The number of aromatic amines is 1. The highest BCUT2D eigenvalue weighted by Gasteiger charge is 2.56. The number of ketones is 1. The minimum absolute atomic E-state index is 0.100. The van der Waals surface area contributed by atoms with Crippen molar-refractivity contribution in [3.63, 3.8) is 0 Å². The van der Waals surface area contributed by atoms with E-state index in [0.717, 1.165) is 18.5 Å². The Kier molecular flexibility index (Phi) is 3.12. The molecule has 4 nitrogen and oxygen atoms in total. The Labute approximate surface area is 135 Å². The largest absolute Gasteiger partial charge is 0.298 e. The first-order valence-corrected chi connectivity index (χ1v) is 8.20. The molecule has 1 saturated carbocycles. The summed E-state index contributed by atoms with van der Waals surface area (Å²) in [6.07, 6.45) is 4.42. The first-order valence-electron chi connectivity index (χ1n) is 8.20. The van der Waals surface area contributed by atoms with E-state index >= 15 is 0 Å². The predicted octanol–water partition coefficient (Wildman–Crippen LogP) is 3.01. The van der Waals surface area contributed by atoms with Crippen molar-refractivity contribution in [2.45, 2.75) is 31.6 Å². The zero-order valence-electron chi connectivity index (χ0n) is 13.1. The van der Waals surface area contributed by atoms with Crippen LogP contribution in [0.4, 0.5) is 0 Å². The molecular formula is C19H19N3O. The number of aryl methyl sites for hydroxylation is 1. The minimum atomic E-state index is -0.552. The number of Topliss-reactive ketones (excluding diaryl/α,β-unsaturated/α-hetero) is 1. The molecule has 4 atom stereocenters. The maximum Gasteiger partial charge on any atom is 0.153 e. The molecular weight excluding hydrogens is 286 g/mol. The number of carbonyl (C=O) groups excluding carboxylic acids is 1. The van der Waals surface area contributed by atoms with Crippen LogP contribution in [0.5, 0.6) is 0 Å². The molecule has 1 aromatic heterocycles. The van der Waals surface area contributed by atoms with E-state index in [9.17, 15) is 10.1 Å². The quantitative estimate of drug-likeness (QED) is 0.880. The van der Waals surface area contributed by atoms with Gasteiger partial charge < -0.3 is 0 Å². The number of nitrogens with one attached hydrogen (secondary N) is 1. The van der Waals surface area contributed by atoms with Crippen LogP contribution in [0.1, 0.15) is 36.6 Å². The highest BCUT2D eigenvalue weighted by Crippen LogP contribution is 2.55. The van der Waals surface area contributed by atoms with E-state index in [1.807, 2.05) is 31.3 Å². The number of rotatable bonds is 1. The van der Waals surface area contributed by atoms with Gasteiger partial charge in [0, 0.05) is 17.5 Å². The van der Waals surface area contributed by atoms with Crippen molar-refractivity contribution in [1.82, 2.24) is 10.2 Å². The molecule has 2 aliphatic carbocycles. The van der Waals surface area contributed by atoms with Gasteiger partial charge in [0.15, 0.2) is 5.78 Å². The van der Waals surface area contributed by atoms with Crippen molar-refractivity contribution in [3.05, 3.63) is 53.3 Å². The molecule has 0 spiro atoms. The van der Waals surface area contributed by atoms with Crippen molar-refractivity contribution in [2.75, 3.05) is 0 Å². The molecule has 1 heterocycles. The average Bonchev–Trinajstić information content (AvgIpc) is 3.08. The molecule has 1 N–H and O–H groups in total. The molecule has 0 amide bonds. The Morgan fingerprint density at radius 2 is 2.13 bits per heavy atom. The lowest BCUT2D eigenvalue weighted by atomic mass is 9.51. The summed E-state index contributed by atoms with van der Waals surface area (Å²) in [5, 5.41) is 17.1. The van der Waals surface area contributed by atoms with Crippen molar-refractivity contribution in [2.24, 2.45) is 17.8 Å². The monoisotopic (exact) mass is 305 g/mol. The summed E-state index contributed by atoms with van der Waals surface area (Å²) in [4.78, 5) is 12.6. The molecule has 2 aromatic rings. The average molecular weight is 305 g/mol. The Hall–Kier alpha value is -2.41. The summed E-state index contributed by atoms with van der Waals surface area (Å²) in [6.45, 7) is 1.99. The molecule has 4 rings (SSSR count). The van der Waals surface area contributed by atoms with Crippen LogP contribution in [0.3, 0.4) is 0 Å². The van der Waals surface area contributed by atoms with Gasteiger partial charge in [-0.15, -0.1) is 0 Å². The van der Waals surface area contributed by atoms with E-state index < -0.39 is 5.92 Å². The maximum atomic E-state index is 12.6. The van der Waals surface area contributed by atoms with Gasteiger partial charge in [-0.3, -0.25) is 9.89 Å². The van der Waals surface area contributed by atoms with Crippen molar-refractivity contribution >= 4 is 5.78 Å². The van der Waals surface area contributed by atoms with Gasteiger partial charge in [-0.25, -0.2) is 0 Å². The molecule has 2 aliphatic rings. The van der Waals surface area contributed by atoms with E-state index in [-0.39, 0.29) is 23.0 Å². The molecule has 1 fully saturated rings. The fourth-order valence-corrected chi connectivity index (χ4v) is 4.80. The fourth-order valence-electron chi connectivity index (χ4n) is 4.80. The Bertz CT molecular complexity index is 788. The van der Waals surface area contributed by atoms with Gasteiger partial charge >= 0.3 is 0 Å². The summed E-state index contributed by atoms with van der Waals surface area (Å²) in [6, 6.07) is 12.6. The number of H-pyrrole nitrogens is 1. The SMILES string of the molecule is C[C@@H]1C(=O)C(C#N)C[C@@]2(c3ccccc3)c3n[nH]cc3CCC12. The zero-order valence-corrected chi connectivity index (χ0v) is 13.1. The lowest BCUT2D eigenvalue weighted by Crippen LogP contribution is -2.52. The van der Waals surface area contributed by atoms with Gasteiger partial charge in [0.1, 0.15) is 5.92 Å². The van der Waals surface area contributed by atoms with Crippen LogP contribution in [0.15, 0.2) is 36.5 Å². The third-order valence-electron chi connectivity index (χ3n) is 5.87. The Morgan fingerprint density at radius 3 is 2.87 bits per heavy atom. The van der Waals surface area contributed by atoms with Gasteiger partial charge in [0.05, 0.1) is 11.8 Å². The second kappa shape index (κ2) is 5.06. The molecule has 0 aliphatic heterocycles. The van der Waals surface area contributed by atoms with Gasteiger partial charge in [-0.2, -0.15) is 10.4 Å². The van der Waals surface area contributed by atoms with E-state index in [0.29, 0.717) is 6.42 Å².